The number of amides is 1. The number of nitrogen functional groups attached to an aromatic ring is 1. The standard InChI is InChI=1S/C13H15ClN2O4/c1-16(11-6-20-5-10(11)13(18)19)12(17)7-2-8(14)4-9(15)3-7/h2-4,10-11H,5-6,15H2,1H3,(H,18,19). The zero-order chi connectivity index (χ0) is 14.9. The quantitative estimate of drug-likeness (QED) is 0.815. The highest BCUT2D eigenvalue weighted by Crippen LogP contribution is 2.23. The number of likely N-dealkylation sites (N-methyl/N-ethyl adjacent to an activating group) is 1. The van der Waals surface area contributed by atoms with Gasteiger partial charge < -0.3 is 20.5 Å². The summed E-state index contributed by atoms with van der Waals surface area (Å²) in [5.74, 6) is -2.03. The average Bonchev–Trinajstić information content (AvgIpc) is 2.85. The maximum absolute atomic E-state index is 12.4. The molecule has 1 aliphatic heterocycles. The zero-order valence-electron chi connectivity index (χ0n) is 10.9. The number of nitrogens with two attached hydrogens (primary N) is 1. The minimum absolute atomic E-state index is 0.106. The molecule has 20 heavy (non-hydrogen) atoms. The molecule has 0 bridgehead atoms. The number of benzene rings is 1. The van der Waals surface area contributed by atoms with Crippen molar-refractivity contribution in [2.75, 3.05) is 26.0 Å². The molecule has 0 aromatic heterocycles. The lowest BCUT2D eigenvalue weighted by Crippen LogP contribution is -2.44. The number of carbonyl (C=O) groups excluding carboxylic acids is 1. The Labute approximate surface area is 121 Å². The molecule has 2 unspecified atom stereocenters. The smallest absolute Gasteiger partial charge is 0.311 e. The molecule has 0 aliphatic carbocycles. The van der Waals surface area contributed by atoms with E-state index in [-0.39, 0.29) is 19.1 Å². The fourth-order valence-corrected chi connectivity index (χ4v) is 2.49. The van der Waals surface area contributed by atoms with Crippen LogP contribution in [-0.4, -0.2) is 48.2 Å². The second-order valence-electron chi connectivity index (χ2n) is 4.74. The van der Waals surface area contributed by atoms with Crippen LogP contribution in [0.4, 0.5) is 5.69 Å². The van der Waals surface area contributed by atoms with Crippen LogP contribution in [0.25, 0.3) is 0 Å². The molecule has 1 fully saturated rings. The minimum atomic E-state index is -0.974. The molecular weight excluding hydrogens is 284 g/mol. The van der Waals surface area contributed by atoms with Crippen molar-refractivity contribution in [2.24, 2.45) is 5.92 Å². The average molecular weight is 299 g/mol. The van der Waals surface area contributed by atoms with Crippen molar-refractivity contribution in [1.82, 2.24) is 4.90 Å². The van der Waals surface area contributed by atoms with E-state index in [2.05, 4.69) is 0 Å². The number of carbonyl (C=O) groups is 2. The van der Waals surface area contributed by atoms with Crippen molar-refractivity contribution >= 4 is 29.2 Å². The lowest BCUT2D eigenvalue weighted by molar-refractivity contribution is -0.142. The van der Waals surface area contributed by atoms with E-state index in [1.165, 1.54) is 23.1 Å². The van der Waals surface area contributed by atoms with Crippen LogP contribution in [0.2, 0.25) is 5.02 Å². The Morgan fingerprint density at radius 1 is 1.40 bits per heavy atom. The van der Waals surface area contributed by atoms with Crippen LogP contribution < -0.4 is 5.73 Å². The van der Waals surface area contributed by atoms with Crippen molar-refractivity contribution < 1.29 is 19.4 Å². The SMILES string of the molecule is CN(C(=O)c1cc(N)cc(Cl)c1)C1COCC1C(=O)O. The molecule has 6 nitrogen and oxygen atoms in total. The second kappa shape index (κ2) is 5.68. The first kappa shape index (κ1) is 14.6. The van der Waals surface area contributed by atoms with E-state index in [0.29, 0.717) is 16.3 Å². The van der Waals surface area contributed by atoms with Gasteiger partial charge in [0, 0.05) is 23.3 Å². The van der Waals surface area contributed by atoms with Gasteiger partial charge in [0.05, 0.1) is 19.3 Å². The second-order valence-corrected chi connectivity index (χ2v) is 5.18. The first-order chi connectivity index (χ1) is 9.40. The zero-order valence-corrected chi connectivity index (χ0v) is 11.6. The van der Waals surface area contributed by atoms with Crippen LogP contribution in [0, 0.1) is 5.92 Å². The van der Waals surface area contributed by atoms with Crippen LogP contribution >= 0.6 is 11.6 Å². The van der Waals surface area contributed by atoms with Crippen molar-refractivity contribution in [2.45, 2.75) is 6.04 Å². The van der Waals surface area contributed by atoms with E-state index in [9.17, 15) is 9.59 Å². The molecule has 1 heterocycles. The number of anilines is 1. The molecular formula is C13H15ClN2O4. The number of nitrogens with zero attached hydrogens (tertiary/aromatic N) is 1. The van der Waals surface area contributed by atoms with Crippen LogP contribution in [0.5, 0.6) is 0 Å². The first-order valence-electron chi connectivity index (χ1n) is 6.04. The largest absolute Gasteiger partial charge is 0.481 e. The monoisotopic (exact) mass is 298 g/mol. The molecule has 1 aliphatic rings. The third-order valence-corrected chi connectivity index (χ3v) is 3.57. The summed E-state index contributed by atoms with van der Waals surface area (Å²) < 4.78 is 5.16. The number of rotatable bonds is 3. The van der Waals surface area contributed by atoms with Gasteiger partial charge in [-0.1, -0.05) is 11.6 Å². The topological polar surface area (TPSA) is 92.9 Å². The normalized spacial score (nSPS) is 21.7. The van der Waals surface area contributed by atoms with Gasteiger partial charge in [-0.05, 0) is 18.2 Å². The third-order valence-electron chi connectivity index (χ3n) is 3.35. The number of hydrogen-bond acceptors (Lipinski definition) is 4. The third kappa shape index (κ3) is 2.86. The molecule has 2 atom stereocenters. The summed E-state index contributed by atoms with van der Waals surface area (Å²) in [5, 5.41) is 9.47. The van der Waals surface area contributed by atoms with Gasteiger partial charge in [-0.3, -0.25) is 9.59 Å². The van der Waals surface area contributed by atoms with Gasteiger partial charge in [-0.25, -0.2) is 0 Å². The van der Waals surface area contributed by atoms with E-state index in [4.69, 9.17) is 27.2 Å². The van der Waals surface area contributed by atoms with Gasteiger partial charge in [0.15, 0.2) is 0 Å². The summed E-state index contributed by atoms with van der Waals surface area (Å²) in [4.78, 5) is 24.9. The Kier molecular flexibility index (Phi) is 4.15. The van der Waals surface area contributed by atoms with Crippen molar-refractivity contribution in [3.8, 4) is 0 Å². The van der Waals surface area contributed by atoms with E-state index >= 15 is 0 Å². The van der Waals surface area contributed by atoms with Crippen LogP contribution in [0.3, 0.4) is 0 Å². The molecule has 1 amide bonds. The number of halogens is 1. The van der Waals surface area contributed by atoms with E-state index in [0.717, 1.165) is 0 Å². The molecule has 108 valence electrons. The highest BCUT2D eigenvalue weighted by Gasteiger charge is 2.38. The number of ether oxygens (including phenoxy) is 1. The number of carboxylic acids is 1. The molecule has 2 rings (SSSR count). The molecule has 7 heteroatoms. The van der Waals surface area contributed by atoms with E-state index in [1.54, 1.807) is 7.05 Å². The van der Waals surface area contributed by atoms with Gasteiger partial charge >= 0.3 is 5.97 Å². The predicted octanol–water partition coefficient (Wildman–Crippen LogP) is 1.09. The van der Waals surface area contributed by atoms with Crippen LogP contribution in [0.1, 0.15) is 10.4 Å². The molecule has 1 saturated heterocycles. The van der Waals surface area contributed by atoms with Gasteiger partial charge in [0.1, 0.15) is 5.92 Å². The van der Waals surface area contributed by atoms with Crippen LogP contribution in [-0.2, 0) is 9.53 Å². The van der Waals surface area contributed by atoms with Gasteiger partial charge in [0.25, 0.3) is 5.91 Å². The summed E-state index contributed by atoms with van der Waals surface area (Å²) in [5.41, 5.74) is 6.36. The molecule has 0 radical (unpaired) electrons. The molecule has 3 N–H and O–H groups in total. The van der Waals surface area contributed by atoms with E-state index in [1.807, 2.05) is 0 Å². The Hall–Kier alpha value is -1.79. The highest BCUT2D eigenvalue weighted by atomic mass is 35.5. The Balaban J connectivity index is 2.22. The predicted molar refractivity (Wildman–Crippen MR) is 73.7 cm³/mol. The van der Waals surface area contributed by atoms with Crippen LogP contribution in [0.15, 0.2) is 18.2 Å². The lowest BCUT2D eigenvalue weighted by atomic mass is 10.0. The first-order valence-corrected chi connectivity index (χ1v) is 6.41. The van der Waals surface area contributed by atoms with Crippen molar-refractivity contribution in [3.05, 3.63) is 28.8 Å². The number of aliphatic carboxylic acids is 1. The Morgan fingerprint density at radius 3 is 2.70 bits per heavy atom. The van der Waals surface area contributed by atoms with Gasteiger partial charge in [0.2, 0.25) is 0 Å². The van der Waals surface area contributed by atoms with Gasteiger partial charge in [-0.15, -0.1) is 0 Å². The molecule has 1 aromatic carbocycles. The number of hydrogen-bond donors (Lipinski definition) is 2. The van der Waals surface area contributed by atoms with Gasteiger partial charge in [-0.2, -0.15) is 0 Å². The maximum atomic E-state index is 12.4. The summed E-state index contributed by atoms with van der Waals surface area (Å²) in [6, 6.07) is 4.05. The van der Waals surface area contributed by atoms with Crippen molar-refractivity contribution in [3.63, 3.8) is 0 Å². The molecule has 0 saturated carbocycles. The summed E-state index contributed by atoms with van der Waals surface area (Å²) in [6.45, 7) is 0.310. The highest BCUT2D eigenvalue weighted by molar-refractivity contribution is 6.31. The Morgan fingerprint density at radius 2 is 2.10 bits per heavy atom. The lowest BCUT2D eigenvalue weighted by Gasteiger charge is -2.26. The number of carboxylic acid groups (broad SMARTS) is 1. The summed E-state index contributed by atoms with van der Waals surface area (Å²) in [7, 11) is 1.55. The van der Waals surface area contributed by atoms with E-state index < -0.39 is 17.9 Å². The fourth-order valence-electron chi connectivity index (χ4n) is 2.25. The van der Waals surface area contributed by atoms with Crippen molar-refractivity contribution in [1.29, 1.82) is 0 Å². The molecule has 0 spiro atoms. The molecule has 1 aromatic rings. The summed E-state index contributed by atoms with van der Waals surface area (Å²) >= 11 is 5.87. The fraction of sp³-hybridized carbons (Fsp3) is 0.385. The Bertz CT molecular complexity index is 529. The summed E-state index contributed by atoms with van der Waals surface area (Å²) in [6.07, 6.45) is 0. The maximum Gasteiger partial charge on any atom is 0.311 e. The minimum Gasteiger partial charge on any atom is -0.481 e.